The molecule has 1 amide bonds. The molecule has 8 heteroatoms. The maximum Gasteiger partial charge on any atom is 0.228 e. The van der Waals surface area contributed by atoms with Crippen molar-refractivity contribution in [1.29, 1.82) is 0 Å². The Morgan fingerprint density at radius 3 is 3.04 bits per heavy atom. The molecule has 3 heterocycles. The van der Waals surface area contributed by atoms with Gasteiger partial charge in [0.2, 0.25) is 15.9 Å². The summed E-state index contributed by atoms with van der Waals surface area (Å²) in [4.78, 5) is 18.5. The summed E-state index contributed by atoms with van der Waals surface area (Å²) in [6, 6.07) is 5.51. The van der Waals surface area contributed by atoms with E-state index in [2.05, 4.69) is 9.71 Å². The van der Waals surface area contributed by atoms with E-state index < -0.39 is 10.0 Å². The molecule has 2 atom stereocenters. The molecule has 1 N–H and O–H groups in total. The molecule has 0 radical (unpaired) electrons. The van der Waals surface area contributed by atoms with Crippen molar-refractivity contribution in [3.05, 3.63) is 30.1 Å². The Labute approximate surface area is 136 Å². The van der Waals surface area contributed by atoms with Crippen molar-refractivity contribution in [3.8, 4) is 0 Å². The van der Waals surface area contributed by atoms with Gasteiger partial charge in [-0.05, 0) is 12.1 Å². The number of hydrogen-bond donors (Lipinski definition) is 1. The van der Waals surface area contributed by atoms with Gasteiger partial charge in [-0.25, -0.2) is 13.1 Å². The summed E-state index contributed by atoms with van der Waals surface area (Å²) in [6.07, 6.45) is 3.09. The molecule has 0 unspecified atom stereocenters. The van der Waals surface area contributed by atoms with E-state index >= 15 is 0 Å². The fraction of sp³-hybridized carbons (Fsp3) is 0.600. The highest BCUT2D eigenvalue weighted by Gasteiger charge is 2.51. The molecule has 0 spiro atoms. The van der Waals surface area contributed by atoms with Crippen LogP contribution in [0.15, 0.2) is 24.4 Å². The molecule has 126 valence electrons. The number of likely N-dealkylation sites (tertiary alicyclic amines) is 1. The molecular weight excluding hydrogens is 318 g/mol. The summed E-state index contributed by atoms with van der Waals surface area (Å²) in [7, 11) is -3.26. The van der Waals surface area contributed by atoms with Gasteiger partial charge in [-0.2, -0.15) is 0 Å². The van der Waals surface area contributed by atoms with Crippen LogP contribution < -0.4 is 4.72 Å². The van der Waals surface area contributed by atoms with Crippen LogP contribution in [0.5, 0.6) is 0 Å². The number of ether oxygens (including phenoxy) is 1. The Hall–Kier alpha value is -1.51. The van der Waals surface area contributed by atoms with Crippen molar-refractivity contribution < 1.29 is 17.9 Å². The van der Waals surface area contributed by atoms with Crippen LogP contribution in [0.2, 0.25) is 0 Å². The normalized spacial score (nSPS) is 27.2. The highest BCUT2D eigenvalue weighted by molar-refractivity contribution is 7.88. The number of amides is 1. The second-order valence-corrected chi connectivity index (χ2v) is 8.27. The molecule has 2 fully saturated rings. The summed E-state index contributed by atoms with van der Waals surface area (Å²) in [5, 5.41) is 0. The summed E-state index contributed by atoms with van der Waals surface area (Å²) >= 11 is 0. The van der Waals surface area contributed by atoms with Gasteiger partial charge in [-0.3, -0.25) is 9.78 Å². The van der Waals surface area contributed by atoms with Gasteiger partial charge < -0.3 is 9.64 Å². The number of sulfonamides is 1. The smallest absolute Gasteiger partial charge is 0.228 e. The first kappa shape index (κ1) is 16.4. The molecule has 2 saturated heterocycles. The lowest BCUT2D eigenvalue weighted by atomic mass is 9.81. The maximum atomic E-state index is 12.5. The number of rotatable bonds is 5. The van der Waals surface area contributed by atoms with Gasteiger partial charge in [0.05, 0.1) is 25.9 Å². The van der Waals surface area contributed by atoms with Gasteiger partial charge in [0.1, 0.15) is 0 Å². The number of aromatic nitrogens is 1. The molecule has 0 saturated carbocycles. The molecular formula is C15H21N3O4S. The average Bonchev–Trinajstić information content (AvgIpc) is 3.02. The third-order valence-electron chi connectivity index (χ3n) is 4.62. The van der Waals surface area contributed by atoms with E-state index in [9.17, 15) is 13.2 Å². The SMILES string of the molecule is CS(=O)(=O)NC[C@@]12COC[C@@H]1CN(C(=O)Cc1ccccn1)C2. The molecule has 1 aromatic heterocycles. The van der Waals surface area contributed by atoms with Gasteiger partial charge in [0.25, 0.3) is 0 Å². The number of nitrogens with zero attached hydrogens (tertiary/aromatic N) is 2. The first-order chi connectivity index (χ1) is 10.9. The van der Waals surface area contributed by atoms with Gasteiger partial charge >= 0.3 is 0 Å². The van der Waals surface area contributed by atoms with Crippen LogP contribution in [-0.2, 0) is 26.0 Å². The van der Waals surface area contributed by atoms with E-state index in [1.165, 1.54) is 0 Å². The van der Waals surface area contributed by atoms with E-state index in [4.69, 9.17) is 4.74 Å². The van der Waals surface area contributed by atoms with Crippen LogP contribution in [-0.4, -0.2) is 63.3 Å². The van der Waals surface area contributed by atoms with Gasteiger partial charge in [0, 0.05) is 42.9 Å². The predicted octanol–water partition coefficient (Wildman–Crippen LogP) is -0.352. The first-order valence-corrected chi connectivity index (χ1v) is 9.47. The summed E-state index contributed by atoms with van der Waals surface area (Å²) in [5.74, 6) is 0.196. The van der Waals surface area contributed by atoms with Crippen LogP contribution in [0.1, 0.15) is 5.69 Å². The van der Waals surface area contributed by atoms with E-state index in [1.54, 1.807) is 6.20 Å². The number of fused-ring (bicyclic) bond motifs is 1. The molecule has 0 aliphatic carbocycles. The lowest BCUT2D eigenvalue weighted by molar-refractivity contribution is -0.130. The van der Waals surface area contributed by atoms with Crippen LogP contribution in [0.4, 0.5) is 0 Å². The Balaban J connectivity index is 1.66. The monoisotopic (exact) mass is 339 g/mol. The van der Waals surface area contributed by atoms with E-state index in [-0.39, 0.29) is 23.7 Å². The van der Waals surface area contributed by atoms with Gasteiger partial charge in [0.15, 0.2) is 0 Å². The maximum absolute atomic E-state index is 12.5. The molecule has 2 aliphatic heterocycles. The van der Waals surface area contributed by atoms with Gasteiger partial charge in [-0.1, -0.05) is 6.07 Å². The molecule has 0 aromatic carbocycles. The molecule has 23 heavy (non-hydrogen) atoms. The van der Waals surface area contributed by atoms with E-state index in [1.807, 2.05) is 23.1 Å². The Bertz CT molecular complexity index is 679. The third kappa shape index (κ3) is 3.70. The number of hydrogen-bond acceptors (Lipinski definition) is 5. The van der Waals surface area contributed by atoms with Crippen molar-refractivity contribution in [2.75, 3.05) is 39.1 Å². The number of carbonyl (C=O) groups excluding carboxylic acids is 1. The second-order valence-electron chi connectivity index (χ2n) is 6.44. The highest BCUT2D eigenvalue weighted by atomic mass is 32.2. The Kier molecular flexibility index (Phi) is 4.39. The standard InChI is InChI=1S/C15H21N3O4S/c1-23(20,21)17-9-15-10-18(7-12(15)8-22-11-15)14(19)6-13-4-2-3-5-16-13/h2-5,12,17H,6-11H2,1H3/t12-,15+/m0/s1. The molecule has 7 nitrogen and oxygen atoms in total. The quantitative estimate of drug-likeness (QED) is 0.792. The molecule has 1 aromatic rings. The van der Waals surface area contributed by atoms with Gasteiger partial charge in [-0.15, -0.1) is 0 Å². The van der Waals surface area contributed by atoms with Crippen molar-refractivity contribution in [1.82, 2.24) is 14.6 Å². The minimum absolute atomic E-state index is 0.0248. The topological polar surface area (TPSA) is 88.6 Å². The average molecular weight is 339 g/mol. The molecule has 3 rings (SSSR count). The lowest BCUT2D eigenvalue weighted by Gasteiger charge is -2.27. The summed E-state index contributed by atoms with van der Waals surface area (Å²) < 4.78 is 30.9. The zero-order valence-corrected chi connectivity index (χ0v) is 13.9. The Morgan fingerprint density at radius 2 is 2.35 bits per heavy atom. The molecule has 0 bridgehead atoms. The van der Waals surface area contributed by atoms with Crippen molar-refractivity contribution in [2.45, 2.75) is 6.42 Å². The van der Waals surface area contributed by atoms with Crippen LogP contribution in [0, 0.1) is 11.3 Å². The number of pyridine rings is 1. The zero-order chi connectivity index (χ0) is 16.5. The summed E-state index contributed by atoms with van der Waals surface area (Å²) in [6.45, 7) is 2.49. The number of nitrogens with one attached hydrogen (secondary N) is 1. The first-order valence-electron chi connectivity index (χ1n) is 7.58. The Morgan fingerprint density at radius 1 is 1.52 bits per heavy atom. The second kappa shape index (κ2) is 6.18. The van der Waals surface area contributed by atoms with Crippen LogP contribution in [0.3, 0.4) is 0 Å². The summed E-state index contributed by atoms with van der Waals surface area (Å²) in [5.41, 5.74) is 0.428. The van der Waals surface area contributed by atoms with E-state index in [0.29, 0.717) is 32.8 Å². The van der Waals surface area contributed by atoms with Crippen molar-refractivity contribution >= 4 is 15.9 Å². The van der Waals surface area contributed by atoms with Crippen molar-refractivity contribution in [3.63, 3.8) is 0 Å². The highest BCUT2D eigenvalue weighted by Crippen LogP contribution is 2.41. The number of carbonyl (C=O) groups is 1. The van der Waals surface area contributed by atoms with E-state index in [0.717, 1.165) is 11.9 Å². The van der Waals surface area contributed by atoms with Crippen LogP contribution in [0.25, 0.3) is 0 Å². The lowest BCUT2D eigenvalue weighted by Crippen LogP contribution is -2.43. The third-order valence-corrected chi connectivity index (χ3v) is 5.29. The fourth-order valence-corrected chi connectivity index (χ4v) is 3.87. The minimum atomic E-state index is -3.26. The zero-order valence-electron chi connectivity index (χ0n) is 13.1. The largest absolute Gasteiger partial charge is 0.380 e. The minimum Gasteiger partial charge on any atom is -0.380 e. The van der Waals surface area contributed by atoms with Crippen LogP contribution >= 0.6 is 0 Å². The van der Waals surface area contributed by atoms with Crippen molar-refractivity contribution in [2.24, 2.45) is 11.3 Å². The fourth-order valence-electron chi connectivity index (χ4n) is 3.32. The molecule has 2 aliphatic rings. The predicted molar refractivity (Wildman–Crippen MR) is 84.1 cm³/mol.